The van der Waals surface area contributed by atoms with Crippen molar-refractivity contribution in [1.29, 1.82) is 0 Å². The van der Waals surface area contributed by atoms with Gasteiger partial charge in [-0.3, -0.25) is 10.2 Å². The van der Waals surface area contributed by atoms with Gasteiger partial charge in [0.05, 0.1) is 11.7 Å². The van der Waals surface area contributed by atoms with Crippen LogP contribution in [0.5, 0.6) is 0 Å². The van der Waals surface area contributed by atoms with Crippen LogP contribution in [-0.2, 0) is 0 Å². The van der Waals surface area contributed by atoms with Gasteiger partial charge in [0.15, 0.2) is 0 Å². The molecule has 0 unspecified atom stereocenters. The van der Waals surface area contributed by atoms with Crippen LogP contribution in [0.3, 0.4) is 0 Å². The normalized spacial score (nSPS) is 11.5. The van der Waals surface area contributed by atoms with Gasteiger partial charge in [-0.2, -0.15) is 10.2 Å². The molecule has 2 aromatic heterocycles. The van der Waals surface area contributed by atoms with Gasteiger partial charge in [-0.25, -0.2) is 4.39 Å². The summed E-state index contributed by atoms with van der Waals surface area (Å²) in [5, 5.41) is 15.8. The molecule has 2 N–H and O–H groups in total. The molecule has 4 nitrogen and oxygen atoms in total. The van der Waals surface area contributed by atoms with Crippen LogP contribution in [0, 0.1) is 5.82 Å². The number of aromatic amines is 2. The van der Waals surface area contributed by atoms with Crippen LogP contribution in [0.25, 0.3) is 33.3 Å². The van der Waals surface area contributed by atoms with E-state index in [1.807, 2.05) is 12.3 Å². The first-order valence-corrected chi connectivity index (χ1v) is 7.91. The van der Waals surface area contributed by atoms with E-state index in [-0.39, 0.29) is 5.82 Å². The quantitative estimate of drug-likeness (QED) is 0.565. The summed E-state index contributed by atoms with van der Waals surface area (Å²) in [6.45, 7) is 4.25. The second-order valence-corrected chi connectivity index (χ2v) is 6.19. The van der Waals surface area contributed by atoms with Crippen molar-refractivity contribution >= 4 is 10.9 Å². The Bertz CT molecular complexity index is 996. The molecule has 0 bridgehead atoms. The first kappa shape index (κ1) is 14.6. The number of hydrogen-bond donors (Lipinski definition) is 2. The van der Waals surface area contributed by atoms with Crippen LogP contribution in [0.1, 0.15) is 25.5 Å². The Hall–Kier alpha value is -2.95. The first-order chi connectivity index (χ1) is 11.6. The van der Waals surface area contributed by atoms with E-state index in [1.165, 1.54) is 12.1 Å². The molecule has 0 aliphatic carbocycles. The monoisotopic (exact) mass is 320 g/mol. The molecule has 5 heteroatoms. The Balaban J connectivity index is 1.94. The molecule has 0 saturated heterocycles. The predicted molar refractivity (Wildman–Crippen MR) is 93.2 cm³/mol. The Labute approximate surface area is 138 Å². The molecule has 2 heterocycles. The van der Waals surface area contributed by atoms with Gasteiger partial charge in [-0.1, -0.05) is 19.9 Å². The number of hydrogen-bond acceptors (Lipinski definition) is 2. The maximum atomic E-state index is 13.3. The molecule has 0 fully saturated rings. The summed E-state index contributed by atoms with van der Waals surface area (Å²) < 4.78 is 13.3. The lowest BCUT2D eigenvalue weighted by molar-refractivity contribution is 0.628. The highest BCUT2D eigenvalue weighted by molar-refractivity contribution is 5.89. The SMILES string of the molecule is CC(C)c1[nH]nc(-c2ccc(F)cc2)c1-c1ccc2[nH]ncc2c1. The summed E-state index contributed by atoms with van der Waals surface area (Å²) in [6.07, 6.45) is 1.81. The zero-order valence-corrected chi connectivity index (χ0v) is 13.5. The lowest BCUT2D eigenvalue weighted by Crippen LogP contribution is -1.92. The van der Waals surface area contributed by atoms with Gasteiger partial charge in [0, 0.05) is 22.2 Å². The van der Waals surface area contributed by atoms with Crippen molar-refractivity contribution in [3.05, 3.63) is 60.2 Å². The van der Waals surface area contributed by atoms with Gasteiger partial charge >= 0.3 is 0 Å². The van der Waals surface area contributed by atoms with Crippen molar-refractivity contribution < 1.29 is 4.39 Å². The maximum Gasteiger partial charge on any atom is 0.123 e. The molecule has 0 spiro atoms. The minimum Gasteiger partial charge on any atom is -0.281 e. The highest BCUT2D eigenvalue weighted by Crippen LogP contribution is 2.37. The number of nitrogens with one attached hydrogen (secondary N) is 2. The van der Waals surface area contributed by atoms with E-state index in [2.05, 4.69) is 46.4 Å². The number of aromatic nitrogens is 4. The van der Waals surface area contributed by atoms with Crippen LogP contribution in [0.15, 0.2) is 48.7 Å². The number of rotatable bonds is 3. The molecule has 4 rings (SSSR count). The topological polar surface area (TPSA) is 57.4 Å². The summed E-state index contributed by atoms with van der Waals surface area (Å²) in [7, 11) is 0. The molecule has 24 heavy (non-hydrogen) atoms. The van der Waals surface area contributed by atoms with E-state index in [4.69, 9.17) is 0 Å². The Morgan fingerprint density at radius 1 is 0.958 bits per heavy atom. The average molecular weight is 320 g/mol. The van der Waals surface area contributed by atoms with Crippen molar-refractivity contribution in [1.82, 2.24) is 20.4 Å². The Kier molecular flexibility index (Phi) is 3.41. The van der Waals surface area contributed by atoms with E-state index >= 15 is 0 Å². The number of halogens is 1. The average Bonchev–Trinajstić information content (AvgIpc) is 3.21. The van der Waals surface area contributed by atoms with Crippen molar-refractivity contribution in [2.45, 2.75) is 19.8 Å². The highest BCUT2D eigenvalue weighted by atomic mass is 19.1. The molecule has 4 aromatic rings. The summed E-state index contributed by atoms with van der Waals surface area (Å²) in [5.41, 5.74) is 5.91. The Morgan fingerprint density at radius 2 is 1.71 bits per heavy atom. The van der Waals surface area contributed by atoms with Gasteiger partial charge in [0.1, 0.15) is 11.5 Å². The van der Waals surface area contributed by atoms with E-state index in [0.717, 1.165) is 39.0 Å². The van der Waals surface area contributed by atoms with E-state index in [0.29, 0.717) is 5.92 Å². The molecule has 0 aliphatic heterocycles. The smallest absolute Gasteiger partial charge is 0.123 e. The zero-order chi connectivity index (χ0) is 16.7. The van der Waals surface area contributed by atoms with E-state index in [1.54, 1.807) is 12.1 Å². The molecule has 0 atom stereocenters. The molecule has 0 radical (unpaired) electrons. The molecular formula is C19H17FN4. The summed E-state index contributed by atoms with van der Waals surface area (Å²) in [6, 6.07) is 12.6. The minimum atomic E-state index is -0.250. The molecule has 0 amide bonds. The zero-order valence-electron chi connectivity index (χ0n) is 13.5. The van der Waals surface area contributed by atoms with Gasteiger partial charge in [0.25, 0.3) is 0 Å². The third kappa shape index (κ3) is 2.38. The fraction of sp³-hybridized carbons (Fsp3) is 0.158. The lowest BCUT2D eigenvalue weighted by atomic mass is 9.94. The summed E-state index contributed by atoms with van der Waals surface area (Å²) >= 11 is 0. The van der Waals surface area contributed by atoms with Gasteiger partial charge in [-0.15, -0.1) is 0 Å². The predicted octanol–water partition coefficient (Wildman–Crippen LogP) is 4.88. The van der Waals surface area contributed by atoms with Crippen molar-refractivity contribution in [3.8, 4) is 22.4 Å². The summed E-state index contributed by atoms with van der Waals surface area (Å²) in [4.78, 5) is 0. The number of H-pyrrole nitrogens is 2. The number of fused-ring (bicyclic) bond motifs is 1. The Morgan fingerprint density at radius 3 is 2.46 bits per heavy atom. The molecular weight excluding hydrogens is 303 g/mol. The highest BCUT2D eigenvalue weighted by Gasteiger charge is 2.19. The fourth-order valence-corrected chi connectivity index (χ4v) is 2.98. The van der Waals surface area contributed by atoms with Gasteiger partial charge in [-0.05, 0) is 47.9 Å². The molecule has 0 saturated carbocycles. The van der Waals surface area contributed by atoms with E-state index < -0.39 is 0 Å². The van der Waals surface area contributed by atoms with Crippen LogP contribution in [0.2, 0.25) is 0 Å². The second kappa shape index (κ2) is 5.60. The van der Waals surface area contributed by atoms with Crippen molar-refractivity contribution in [2.24, 2.45) is 0 Å². The van der Waals surface area contributed by atoms with Crippen molar-refractivity contribution in [2.75, 3.05) is 0 Å². The van der Waals surface area contributed by atoms with Crippen LogP contribution < -0.4 is 0 Å². The third-order valence-corrected chi connectivity index (χ3v) is 4.22. The summed E-state index contributed by atoms with van der Waals surface area (Å²) in [5.74, 6) is 0.0430. The van der Waals surface area contributed by atoms with Crippen LogP contribution in [0.4, 0.5) is 4.39 Å². The molecule has 120 valence electrons. The largest absolute Gasteiger partial charge is 0.281 e. The molecule has 0 aliphatic rings. The van der Waals surface area contributed by atoms with Crippen LogP contribution in [-0.4, -0.2) is 20.4 Å². The lowest BCUT2D eigenvalue weighted by Gasteiger charge is -2.09. The number of benzene rings is 2. The standard InChI is InChI=1S/C19H17FN4/c1-11(2)18-17(13-5-8-16-14(9-13)10-21-22-16)19(24-23-18)12-3-6-15(20)7-4-12/h3-11H,1-2H3,(H,21,22)(H,23,24). The van der Waals surface area contributed by atoms with Gasteiger partial charge in [0.2, 0.25) is 0 Å². The van der Waals surface area contributed by atoms with Gasteiger partial charge < -0.3 is 0 Å². The fourth-order valence-electron chi connectivity index (χ4n) is 2.98. The van der Waals surface area contributed by atoms with Crippen LogP contribution >= 0.6 is 0 Å². The second-order valence-electron chi connectivity index (χ2n) is 6.19. The first-order valence-electron chi connectivity index (χ1n) is 7.91. The molecule has 2 aromatic carbocycles. The number of nitrogens with zero attached hydrogens (tertiary/aromatic N) is 2. The van der Waals surface area contributed by atoms with Crippen molar-refractivity contribution in [3.63, 3.8) is 0 Å². The van der Waals surface area contributed by atoms with E-state index in [9.17, 15) is 4.39 Å². The third-order valence-electron chi connectivity index (χ3n) is 4.22. The minimum absolute atomic E-state index is 0.250. The maximum absolute atomic E-state index is 13.3.